The van der Waals surface area contributed by atoms with Gasteiger partial charge in [0, 0.05) is 11.1 Å². The minimum atomic E-state index is -0.977. The summed E-state index contributed by atoms with van der Waals surface area (Å²) >= 11 is 1.43. The number of aryl methyl sites for hydroxylation is 1. The molecule has 1 atom stereocenters. The zero-order chi connectivity index (χ0) is 14.3. The monoisotopic (exact) mass is 291 g/mol. The first-order valence-corrected chi connectivity index (χ1v) is 7.33. The Labute approximate surface area is 119 Å². The lowest BCUT2D eigenvalue weighted by molar-refractivity contribution is -0.140. The van der Waals surface area contributed by atoms with E-state index in [1.54, 1.807) is 6.07 Å². The number of furan rings is 1. The van der Waals surface area contributed by atoms with E-state index >= 15 is 0 Å². The van der Waals surface area contributed by atoms with Crippen molar-refractivity contribution < 1.29 is 19.1 Å². The minimum Gasteiger partial charge on any atom is -0.480 e. The first kappa shape index (κ1) is 13.1. The molecule has 0 bridgehead atoms. The highest BCUT2D eigenvalue weighted by Crippen LogP contribution is 2.26. The second-order valence-corrected chi connectivity index (χ2v) is 5.78. The topological polar surface area (TPSA) is 70.8 Å². The molecule has 0 spiro atoms. The third kappa shape index (κ3) is 2.16. The van der Waals surface area contributed by atoms with Gasteiger partial charge in [0.2, 0.25) is 0 Å². The van der Waals surface area contributed by atoms with Crippen LogP contribution in [-0.2, 0) is 4.79 Å². The number of hydrogen-bond acceptors (Lipinski definition) is 4. The Hall–Kier alpha value is -1.95. The Morgan fingerprint density at radius 2 is 2.20 bits per heavy atom. The molecule has 20 heavy (non-hydrogen) atoms. The molecule has 1 saturated heterocycles. The SMILES string of the molecule is Cc1ccc2oc(C(=O)N3CSCC3C(=O)O)cc2c1. The fourth-order valence-electron chi connectivity index (χ4n) is 2.26. The molecule has 0 radical (unpaired) electrons. The van der Waals surface area contributed by atoms with Crippen LogP contribution in [0.1, 0.15) is 16.1 Å². The van der Waals surface area contributed by atoms with Gasteiger partial charge >= 0.3 is 5.97 Å². The summed E-state index contributed by atoms with van der Waals surface area (Å²) in [5, 5.41) is 9.97. The number of fused-ring (bicyclic) bond motifs is 1. The van der Waals surface area contributed by atoms with Crippen molar-refractivity contribution in [1.29, 1.82) is 0 Å². The normalized spacial score (nSPS) is 18.6. The molecule has 0 aliphatic carbocycles. The van der Waals surface area contributed by atoms with E-state index in [1.807, 2.05) is 25.1 Å². The molecular weight excluding hydrogens is 278 g/mol. The van der Waals surface area contributed by atoms with Gasteiger partial charge in [0.15, 0.2) is 5.76 Å². The van der Waals surface area contributed by atoms with Crippen molar-refractivity contribution in [3.05, 3.63) is 35.6 Å². The van der Waals surface area contributed by atoms with Gasteiger partial charge < -0.3 is 14.4 Å². The minimum absolute atomic E-state index is 0.194. The maximum absolute atomic E-state index is 12.4. The molecule has 1 aliphatic heterocycles. The molecule has 1 amide bonds. The summed E-state index contributed by atoms with van der Waals surface area (Å²) in [5.41, 5.74) is 1.72. The Morgan fingerprint density at radius 1 is 1.40 bits per heavy atom. The number of benzene rings is 1. The van der Waals surface area contributed by atoms with Crippen LogP contribution in [-0.4, -0.2) is 39.6 Å². The van der Waals surface area contributed by atoms with Gasteiger partial charge in [0.05, 0.1) is 5.88 Å². The lowest BCUT2D eigenvalue weighted by atomic mass is 10.2. The summed E-state index contributed by atoms with van der Waals surface area (Å²) in [4.78, 5) is 24.8. The van der Waals surface area contributed by atoms with Gasteiger partial charge in [-0.1, -0.05) is 11.6 Å². The predicted octanol–water partition coefficient (Wildman–Crippen LogP) is 2.34. The summed E-state index contributed by atoms with van der Waals surface area (Å²) in [6.07, 6.45) is 0. The van der Waals surface area contributed by atoms with Crippen molar-refractivity contribution in [2.24, 2.45) is 0 Å². The summed E-state index contributed by atoms with van der Waals surface area (Å²) in [6.45, 7) is 1.96. The van der Waals surface area contributed by atoms with Crippen LogP contribution in [0.15, 0.2) is 28.7 Å². The van der Waals surface area contributed by atoms with Crippen LogP contribution >= 0.6 is 11.8 Å². The average molecular weight is 291 g/mol. The fraction of sp³-hybridized carbons (Fsp3) is 0.286. The molecule has 3 rings (SSSR count). The van der Waals surface area contributed by atoms with Crippen LogP contribution in [0.3, 0.4) is 0 Å². The van der Waals surface area contributed by atoms with E-state index in [9.17, 15) is 9.59 Å². The van der Waals surface area contributed by atoms with Crippen molar-refractivity contribution in [3.8, 4) is 0 Å². The van der Waals surface area contributed by atoms with E-state index in [-0.39, 0.29) is 11.7 Å². The molecular formula is C14H13NO4S. The van der Waals surface area contributed by atoms with Gasteiger partial charge in [-0.3, -0.25) is 4.79 Å². The summed E-state index contributed by atoms with van der Waals surface area (Å²) in [7, 11) is 0. The number of amides is 1. The Morgan fingerprint density at radius 3 is 2.95 bits per heavy atom. The number of hydrogen-bond donors (Lipinski definition) is 1. The Bertz CT molecular complexity index is 694. The molecule has 1 fully saturated rings. The second kappa shape index (κ2) is 4.86. The smallest absolute Gasteiger partial charge is 0.327 e. The number of aliphatic carboxylic acids is 1. The number of carboxylic acids is 1. The van der Waals surface area contributed by atoms with E-state index in [0.29, 0.717) is 17.2 Å². The average Bonchev–Trinajstić information content (AvgIpc) is 3.03. The molecule has 2 heterocycles. The van der Waals surface area contributed by atoms with Gasteiger partial charge in [0.25, 0.3) is 5.91 Å². The van der Waals surface area contributed by atoms with E-state index in [2.05, 4.69) is 0 Å². The van der Waals surface area contributed by atoms with Gasteiger partial charge in [0.1, 0.15) is 11.6 Å². The number of carbonyl (C=O) groups excluding carboxylic acids is 1. The second-order valence-electron chi connectivity index (χ2n) is 4.78. The zero-order valence-electron chi connectivity index (χ0n) is 10.8. The van der Waals surface area contributed by atoms with Crippen molar-refractivity contribution in [1.82, 2.24) is 4.90 Å². The fourth-order valence-corrected chi connectivity index (χ4v) is 3.40. The lowest BCUT2D eigenvalue weighted by Crippen LogP contribution is -2.41. The highest BCUT2D eigenvalue weighted by Gasteiger charge is 2.36. The van der Waals surface area contributed by atoms with Crippen molar-refractivity contribution >= 4 is 34.6 Å². The molecule has 0 saturated carbocycles. The Kier molecular flexibility index (Phi) is 3.17. The van der Waals surface area contributed by atoms with E-state index in [4.69, 9.17) is 9.52 Å². The summed E-state index contributed by atoms with van der Waals surface area (Å²) < 4.78 is 5.53. The number of carboxylic acid groups (broad SMARTS) is 1. The molecule has 1 aromatic carbocycles. The summed E-state index contributed by atoms with van der Waals surface area (Å²) in [6, 6.07) is 6.55. The van der Waals surface area contributed by atoms with Gasteiger partial charge in [-0.05, 0) is 25.1 Å². The van der Waals surface area contributed by atoms with E-state index < -0.39 is 12.0 Å². The molecule has 5 nitrogen and oxygen atoms in total. The van der Waals surface area contributed by atoms with Gasteiger partial charge in [-0.25, -0.2) is 4.79 Å². The predicted molar refractivity (Wildman–Crippen MR) is 75.9 cm³/mol. The van der Waals surface area contributed by atoms with Crippen LogP contribution in [0.5, 0.6) is 0 Å². The molecule has 1 aromatic heterocycles. The molecule has 104 valence electrons. The van der Waals surface area contributed by atoms with Gasteiger partial charge in [-0.2, -0.15) is 0 Å². The number of thioether (sulfide) groups is 1. The first-order valence-electron chi connectivity index (χ1n) is 6.18. The Balaban J connectivity index is 1.94. The highest BCUT2D eigenvalue weighted by atomic mass is 32.2. The molecule has 1 unspecified atom stereocenters. The van der Waals surface area contributed by atoms with Crippen LogP contribution in [0.4, 0.5) is 0 Å². The van der Waals surface area contributed by atoms with Crippen LogP contribution in [0, 0.1) is 6.92 Å². The first-order chi connectivity index (χ1) is 9.56. The summed E-state index contributed by atoms with van der Waals surface area (Å²) in [5.74, 6) is -0.349. The molecule has 1 aliphatic rings. The maximum atomic E-state index is 12.4. The van der Waals surface area contributed by atoms with Crippen molar-refractivity contribution in [2.45, 2.75) is 13.0 Å². The van der Waals surface area contributed by atoms with Crippen molar-refractivity contribution in [2.75, 3.05) is 11.6 Å². The molecule has 6 heteroatoms. The van der Waals surface area contributed by atoms with E-state index in [1.165, 1.54) is 16.7 Å². The lowest BCUT2D eigenvalue weighted by Gasteiger charge is -2.18. The standard InChI is InChI=1S/C14H13NO4S/c1-8-2-3-11-9(4-8)5-12(19-11)13(16)15-7-20-6-10(15)14(17)18/h2-5,10H,6-7H2,1H3,(H,17,18). The number of carbonyl (C=O) groups is 2. The third-order valence-electron chi connectivity index (χ3n) is 3.31. The number of nitrogens with zero attached hydrogens (tertiary/aromatic N) is 1. The quantitative estimate of drug-likeness (QED) is 0.919. The molecule has 2 aromatic rings. The zero-order valence-corrected chi connectivity index (χ0v) is 11.6. The highest BCUT2D eigenvalue weighted by molar-refractivity contribution is 7.99. The van der Waals surface area contributed by atoms with Gasteiger partial charge in [-0.15, -0.1) is 11.8 Å². The van der Waals surface area contributed by atoms with Crippen LogP contribution in [0.25, 0.3) is 11.0 Å². The molecule has 1 N–H and O–H groups in total. The number of rotatable bonds is 2. The maximum Gasteiger partial charge on any atom is 0.327 e. The van der Waals surface area contributed by atoms with Crippen LogP contribution < -0.4 is 0 Å². The third-order valence-corrected chi connectivity index (χ3v) is 4.32. The largest absolute Gasteiger partial charge is 0.480 e. The van der Waals surface area contributed by atoms with Crippen molar-refractivity contribution in [3.63, 3.8) is 0 Å². The van der Waals surface area contributed by atoms with E-state index in [0.717, 1.165) is 10.9 Å². The van der Waals surface area contributed by atoms with Crippen LogP contribution in [0.2, 0.25) is 0 Å².